The molecule has 1 aromatic heterocycles. The summed E-state index contributed by atoms with van der Waals surface area (Å²) in [5.74, 6) is 0.0249. The van der Waals surface area contributed by atoms with Crippen LogP contribution in [0.5, 0.6) is 0 Å². The minimum atomic E-state index is -2.94. The Bertz CT molecular complexity index is 1470. The van der Waals surface area contributed by atoms with E-state index in [0.717, 1.165) is 48.2 Å². The summed E-state index contributed by atoms with van der Waals surface area (Å²) >= 11 is 0. The highest BCUT2D eigenvalue weighted by Crippen LogP contribution is 2.30. The molecule has 240 valence electrons. The van der Waals surface area contributed by atoms with Gasteiger partial charge in [-0.3, -0.25) is 9.59 Å². The van der Waals surface area contributed by atoms with Crippen LogP contribution in [0, 0.1) is 5.92 Å². The first-order chi connectivity index (χ1) is 20.8. The van der Waals surface area contributed by atoms with Crippen LogP contribution in [0.2, 0.25) is 0 Å². The largest absolute Gasteiger partial charge is 0.462 e. The molecule has 0 bridgehead atoms. The summed E-state index contributed by atoms with van der Waals surface area (Å²) in [5, 5.41) is 9.21. The molecular weight excluding hydrogens is 576 g/mol. The van der Waals surface area contributed by atoms with Crippen molar-refractivity contribution in [2.45, 2.75) is 110 Å². The standard InChI is InChI=1S/C19H19N3O.C9H16O2.C6H13NO2S/c1-13(2)22-20-18(15-8-5-4-6-9-15)19(21-22)17-11-7-10-16(12-17)14(3)23;1-7(2)9(10)11-8-5-3-4-6-8;1-5(2)7-10(8,9)6-3-4-6/h4-13H,1-3H3;7-8H,3-6H2,1-2H3;5-7H,3-4H2,1-2H3. The Hall–Kier alpha value is -3.37. The smallest absolute Gasteiger partial charge is 0.308 e. The number of ether oxygens (including phenoxy) is 1. The third kappa shape index (κ3) is 10.7. The molecule has 3 aromatic rings. The van der Waals surface area contributed by atoms with Gasteiger partial charge in [0.15, 0.2) is 5.78 Å². The normalized spacial score (nSPS) is 15.0. The highest BCUT2D eigenvalue weighted by molar-refractivity contribution is 7.90. The van der Waals surface area contributed by atoms with Gasteiger partial charge in [-0.25, -0.2) is 13.1 Å². The molecule has 2 aliphatic carbocycles. The molecule has 0 saturated heterocycles. The Morgan fingerprint density at radius 3 is 1.91 bits per heavy atom. The lowest BCUT2D eigenvalue weighted by Gasteiger charge is -2.12. The zero-order valence-corrected chi connectivity index (χ0v) is 27.9. The first-order valence-electron chi connectivity index (χ1n) is 15.6. The number of rotatable bonds is 9. The summed E-state index contributed by atoms with van der Waals surface area (Å²) in [6.45, 7) is 13.1. The fraction of sp³-hybridized carbons (Fsp3) is 0.529. The summed E-state index contributed by atoms with van der Waals surface area (Å²) in [6, 6.07) is 17.7. The minimum absolute atomic E-state index is 0.0237. The number of nitrogens with one attached hydrogen (secondary N) is 1. The Kier molecular flexibility index (Phi) is 12.8. The Balaban J connectivity index is 0.000000209. The molecule has 0 radical (unpaired) electrons. The number of hydrogen-bond donors (Lipinski definition) is 1. The lowest BCUT2D eigenvalue weighted by Crippen LogP contribution is -2.32. The van der Waals surface area contributed by atoms with Gasteiger partial charge in [-0.05, 0) is 79.2 Å². The predicted molar refractivity (Wildman–Crippen MR) is 175 cm³/mol. The van der Waals surface area contributed by atoms with Gasteiger partial charge < -0.3 is 4.74 Å². The number of benzene rings is 2. The molecule has 2 aromatic carbocycles. The van der Waals surface area contributed by atoms with Crippen molar-refractivity contribution < 1.29 is 22.7 Å². The van der Waals surface area contributed by atoms with E-state index in [1.807, 2.05) is 96.1 Å². The van der Waals surface area contributed by atoms with E-state index < -0.39 is 10.0 Å². The van der Waals surface area contributed by atoms with E-state index in [0.29, 0.717) is 5.56 Å². The van der Waals surface area contributed by atoms with Crippen LogP contribution in [0.4, 0.5) is 0 Å². The van der Waals surface area contributed by atoms with E-state index >= 15 is 0 Å². The number of carbonyl (C=O) groups is 2. The van der Waals surface area contributed by atoms with Crippen molar-refractivity contribution in [3.63, 3.8) is 0 Å². The lowest BCUT2D eigenvalue weighted by atomic mass is 10.0. The van der Waals surface area contributed by atoms with E-state index in [9.17, 15) is 18.0 Å². The molecule has 1 N–H and O–H groups in total. The molecule has 5 rings (SSSR count). The van der Waals surface area contributed by atoms with Crippen LogP contribution in [-0.2, 0) is 19.6 Å². The number of sulfonamides is 1. The van der Waals surface area contributed by atoms with E-state index in [4.69, 9.17) is 4.74 Å². The molecule has 10 heteroatoms. The molecule has 9 nitrogen and oxygen atoms in total. The molecule has 2 aliphatic rings. The van der Waals surface area contributed by atoms with E-state index in [-0.39, 0.29) is 41.1 Å². The van der Waals surface area contributed by atoms with Gasteiger partial charge in [-0.1, -0.05) is 62.4 Å². The van der Waals surface area contributed by atoms with Gasteiger partial charge in [0.1, 0.15) is 17.5 Å². The van der Waals surface area contributed by atoms with Crippen molar-refractivity contribution in [3.05, 3.63) is 60.2 Å². The number of nitrogens with zero attached hydrogens (tertiary/aromatic N) is 3. The summed E-state index contributed by atoms with van der Waals surface area (Å²) in [6.07, 6.45) is 6.47. The maximum atomic E-state index is 11.7. The van der Waals surface area contributed by atoms with Crippen molar-refractivity contribution in [3.8, 4) is 22.5 Å². The molecule has 44 heavy (non-hydrogen) atoms. The van der Waals surface area contributed by atoms with Crippen LogP contribution in [0.15, 0.2) is 54.6 Å². The van der Waals surface area contributed by atoms with E-state index in [2.05, 4.69) is 14.9 Å². The van der Waals surface area contributed by atoms with Gasteiger partial charge >= 0.3 is 5.97 Å². The zero-order chi connectivity index (χ0) is 32.4. The second-order valence-electron chi connectivity index (χ2n) is 12.3. The summed E-state index contributed by atoms with van der Waals surface area (Å²) in [7, 11) is -2.94. The second-order valence-corrected chi connectivity index (χ2v) is 14.3. The third-order valence-corrected chi connectivity index (χ3v) is 9.25. The Morgan fingerprint density at radius 1 is 0.841 bits per heavy atom. The number of esters is 1. The first kappa shape index (κ1) is 35.1. The number of aromatic nitrogens is 3. The van der Waals surface area contributed by atoms with E-state index in [1.54, 1.807) is 11.7 Å². The van der Waals surface area contributed by atoms with Crippen LogP contribution >= 0.6 is 0 Å². The molecule has 2 fully saturated rings. The molecule has 1 heterocycles. The topological polar surface area (TPSA) is 120 Å². The van der Waals surface area contributed by atoms with Crippen molar-refractivity contribution in [2.24, 2.45) is 5.92 Å². The monoisotopic (exact) mass is 624 g/mol. The summed E-state index contributed by atoms with van der Waals surface area (Å²) in [4.78, 5) is 24.5. The van der Waals surface area contributed by atoms with Crippen molar-refractivity contribution in [1.29, 1.82) is 0 Å². The number of Topliss-reactive ketones (excluding diaryl/α,β-unsaturated/α-hetero) is 1. The molecule has 2 saturated carbocycles. The Morgan fingerprint density at radius 2 is 1.41 bits per heavy atom. The van der Waals surface area contributed by atoms with Gasteiger partial charge in [-0.2, -0.15) is 15.0 Å². The molecular formula is C34H48N4O5S. The molecule has 0 atom stereocenters. The SMILES string of the molecule is CC(=O)c1cccc(-c2nn(C(C)C)nc2-c2ccccc2)c1.CC(C)C(=O)OC1CCCC1.CC(C)NS(=O)(=O)C1CC1. The third-order valence-electron chi connectivity index (χ3n) is 7.10. The van der Waals surface area contributed by atoms with Gasteiger partial charge in [-0.15, -0.1) is 0 Å². The van der Waals surface area contributed by atoms with Crippen LogP contribution in [-0.4, -0.2) is 52.6 Å². The average molecular weight is 625 g/mol. The van der Waals surface area contributed by atoms with Crippen LogP contribution < -0.4 is 4.72 Å². The second kappa shape index (κ2) is 16.1. The lowest BCUT2D eigenvalue weighted by molar-refractivity contribution is -0.152. The predicted octanol–water partition coefficient (Wildman–Crippen LogP) is 7.00. The van der Waals surface area contributed by atoms with Gasteiger partial charge in [0, 0.05) is 22.7 Å². The molecule has 0 amide bonds. The van der Waals surface area contributed by atoms with Gasteiger partial charge in [0.25, 0.3) is 0 Å². The number of carbonyl (C=O) groups excluding carboxylic acids is 2. The number of hydrogen-bond acceptors (Lipinski definition) is 7. The quantitative estimate of drug-likeness (QED) is 0.201. The van der Waals surface area contributed by atoms with E-state index in [1.165, 1.54) is 12.8 Å². The van der Waals surface area contributed by atoms with Crippen LogP contribution in [0.1, 0.15) is 103 Å². The highest BCUT2D eigenvalue weighted by atomic mass is 32.2. The summed E-state index contributed by atoms with van der Waals surface area (Å²) in [5.41, 5.74) is 4.24. The maximum absolute atomic E-state index is 11.7. The number of ketones is 1. The van der Waals surface area contributed by atoms with Crippen molar-refractivity contribution in [2.75, 3.05) is 0 Å². The van der Waals surface area contributed by atoms with Crippen LogP contribution in [0.3, 0.4) is 0 Å². The molecule has 0 spiro atoms. The first-order valence-corrected chi connectivity index (χ1v) is 17.2. The van der Waals surface area contributed by atoms with Crippen molar-refractivity contribution >= 4 is 21.8 Å². The fourth-order valence-electron chi connectivity index (χ4n) is 4.53. The average Bonchev–Trinajstić information content (AvgIpc) is 3.55. The van der Waals surface area contributed by atoms with Crippen molar-refractivity contribution in [1.82, 2.24) is 19.7 Å². The highest BCUT2D eigenvalue weighted by Gasteiger charge is 2.35. The molecule has 0 aliphatic heterocycles. The minimum Gasteiger partial charge on any atom is -0.462 e. The van der Waals surface area contributed by atoms with Crippen LogP contribution in [0.25, 0.3) is 22.5 Å². The maximum Gasteiger partial charge on any atom is 0.308 e. The Labute approximate surface area is 262 Å². The summed E-state index contributed by atoms with van der Waals surface area (Å²) < 4.78 is 30.0. The molecule has 0 unspecified atom stereocenters. The van der Waals surface area contributed by atoms with Gasteiger partial charge in [0.2, 0.25) is 10.0 Å². The zero-order valence-electron chi connectivity index (χ0n) is 27.1. The fourth-order valence-corrected chi connectivity index (χ4v) is 6.14. The van der Waals surface area contributed by atoms with Gasteiger partial charge in [0.05, 0.1) is 17.2 Å².